The van der Waals surface area contributed by atoms with Gasteiger partial charge in [-0.1, -0.05) is 174 Å². The maximum atomic E-state index is 3.82. The summed E-state index contributed by atoms with van der Waals surface area (Å²) in [6.07, 6.45) is 0. The van der Waals surface area contributed by atoms with Gasteiger partial charge in [0.25, 0.3) is 0 Å². The molecule has 0 aliphatic heterocycles. The van der Waals surface area contributed by atoms with Crippen molar-refractivity contribution in [3.05, 3.63) is 205 Å². The molecule has 0 aliphatic rings. The summed E-state index contributed by atoms with van der Waals surface area (Å²) >= 11 is 3.82. The van der Waals surface area contributed by atoms with Gasteiger partial charge >= 0.3 is 0 Å². The second-order valence-electron chi connectivity index (χ2n) is 12.4. The summed E-state index contributed by atoms with van der Waals surface area (Å²) in [4.78, 5) is 0. The Hall–Kier alpha value is -5.76. The van der Waals surface area contributed by atoms with Crippen LogP contribution in [0.2, 0.25) is 0 Å². The summed E-state index contributed by atoms with van der Waals surface area (Å²) in [6, 6.07) is 72.0. The van der Waals surface area contributed by atoms with E-state index < -0.39 is 0 Å². The van der Waals surface area contributed by atoms with Crippen molar-refractivity contribution in [3.63, 3.8) is 0 Å². The Balaban J connectivity index is 1.08. The molecule has 0 N–H and O–H groups in total. The molecular formula is C48H33Br. The summed E-state index contributed by atoms with van der Waals surface area (Å²) in [5.41, 5.74) is 16.9. The molecule has 232 valence electrons. The maximum Gasteiger partial charge on any atom is 0.0187 e. The summed E-state index contributed by atoms with van der Waals surface area (Å²) in [5.74, 6) is 0. The van der Waals surface area contributed by atoms with E-state index in [1.54, 1.807) is 0 Å². The maximum absolute atomic E-state index is 3.82. The monoisotopic (exact) mass is 688 g/mol. The van der Waals surface area contributed by atoms with Crippen molar-refractivity contribution >= 4 is 15.9 Å². The predicted octanol–water partition coefficient (Wildman–Crippen LogP) is 14.1. The lowest BCUT2D eigenvalue weighted by atomic mass is 9.93. The van der Waals surface area contributed by atoms with Crippen LogP contribution in [-0.2, 0) is 0 Å². The Morgan fingerprint density at radius 3 is 0.776 bits per heavy atom. The van der Waals surface area contributed by atoms with E-state index in [0.29, 0.717) is 0 Å². The van der Waals surface area contributed by atoms with E-state index in [4.69, 9.17) is 0 Å². The van der Waals surface area contributed by atoms with Crippen LogP contribution >= 0.6 is 15.9 Å². The third-order valence-electron chi connectivity index (χ3n) is 9.11. The topological polar surface area (TPSA) is 0 Å². The number of hydrogen-bond donors (Lipinski definition) is 0. The fraction of sp³-hybridized carbons (Fsp3) is 0. The first-order chi connectivity index (χ1) is 24.2. The van der Waals surface area contributed by atoms with Crippen LogP contribution in [-0.4, -0.2) is 0 Å². The molecule has 0 saturated heterocycles. The largest absolute Gasteiger partial charge is 0.0622 e. The average Bonchev–Trinajstić information content (AvgIpc) is 3.19. The van der Waals surface area contributed by atoms with Gasteiger partial charge in [-0.05, 0) is 120 Å². The van der Waals surface area contributed by atoms with E-state index in [1.807, 2.05) is 0 Å². The molecule has 0 saturated carbocycles. The minimum atomic E-state index is 1.06. The zero-order valence-electron chi connectivity index (χ0n) is 26.9. The molecule has 0 radical (unpaired) electrons. The molecule has 0 unspecified atom stereocenters. The van der Waals surface area contributed by atoms with Crippen molar-refractivity contribution in [2.75, 3.05) is 0 Å². The van der Waals surface area contributed by atoms with Gasteiger partial charge in [0.15, 0.2) is 0 Å². The smallest absolute Gasteiger partial charge is 0.0187 e. The van der Waals surface area contributed by atoms with Crippen molar-refractivity contribution in [2.24, 2.45) is 0 Å². The van der Waals surface area contributed by atoms with Gasteiger partial charge in [-0.25, -0.2) is 0 Å². The number of halogens is 1. The Kier molecular flexibility index (Phi) is 8.59. The molecule has 0 fully saturated rings. The van der Waals surface area contributed by atoms with Crippen LogP contribution in [0.1, 0.15) is 0 Å². The highest BCUT2D eigenvalue weighted by molar-refractivity contribution is 9.10. The molecule has 0 heterocycles. The number of hydrogen-bond acceptors (Lipinski definition) is 0. The highest BCUT2D eigenvalue weighted by Gasteiger charge is 2.10. The van der Waals surface area contributed by atoms with Crippen molar-refractivity contribution in [1.82, 2.24) is 0 Å². The summed E-state index contributed by atoms with van der Waals surface area (Å²) < 4.78 is 1.06. The summed E-state index contributed by atoms with van der Waals surface area (Å²) in [5, 5.41) is 0. The molecule has 0 bridgehead atoms. The van der Waals surface area contributed by atoms with Crippen molar-refractivity contribution in [2.45, 2.75) is 0 Å². The lowest BCUT2D eigenvalue weighted by molar-refractivity contribution is 1.54. The Morgan fingerprint density at radius 2 is 0.408 bits per heavy atom. The molecule has 8 aromatic carbocycles. The predicted molar refractivity (Wildman–Crippen MR) is 212 cm³/mol. The third-order valence-corrected chi connectivity index (χ3v) is 9.57. The van der Waals surface area contributed by atoms with Crippen LogP contribution in [0.3, 0.4) is 0 Å². The third kappa shape index (κ3) is 6.81. The molecule has 0 aliphatic carbocycles. The van der Waals surface area contributed by atoms with Crippen LogP contribution in [0, 0.1) is 0 Å². The van der Waals surface area contributed by atoms with Gasteiger partial charge in [-0.2, -0.15) is 0 Å². The van der Waals surface area contributed by atoms with E-state index in [-0.39, 0.29) is 0 Å². The molecule has 8 rings (SSSR count). The molecule has 0 spiro atoms. The first-order valence-corrected chi connectivity index (χ1v) is 17.4. The minimum absolute atomic E-state index is 1.06. The number of benzene rings is 8. The first-order valence-electron chi connectivity index (χ1n) is 16.6. The lowest BCUT2D eigenvalue weighted by Crippen LogP contribution is -1.86. The zero-order chi connectivity index (χ0) is 33.0. The van der Waals surface area contributed by atoms with Gasteiger partial charge in [-0.15, -0.1) is 0 Å². The first kappa shape index (κ1) is 30.6. The normalized spacial score (nSPS) is 11.0. The van der Waals surface area contributed by atoms with E-state index in [9.17, 15) is 0 Å². The van der Waals surface area contributed by atoms with Gasteiger partial charge in [0.2, 0.25) is 0 Å². The molecule has 49 heavy (non-hydrogen) atoms. The zero-order valence-corrected chi connectivity index (χ0v) is 28.5. The van der Waals surface area contributed by atoms with E-state index in [2.05, 4.69) is 216 Å². The highest BCUT2D eigenvalue weighted by Crippen LogP contribution is 2.36. The molecule has 0 aromatic heterocycles. The van der Waals surface area contributed by atoms with Gasteiger partial charge in [-0.3, -0.25) is 0 Å². The molecule has 0 nitrogen and oxygen atoms in total. The Morgan fingerprint density at radius 1 is 0.184 bits per heavy atom. The second kappa shape index (κ2) is 13.8. The molecular weight excluding hydrogens is 656 g/mol. The average molecular weight is 690 g/mol. The molecule has 8 aromatic rings. The lowest BCUT2D eigenvalue weighted by Gasteiger charge is -2.12. The van der Waals surface area contributed by atoms with Gasteiger partial charge in [0, 0.05) is 4.47 Å². The fourth-order valence-corrected chi connectivity index (χ4v) is 7.05. The van der Waals surface area contributed by atoms with Crippen LogP contribution in [0.4, 0.5) is 0 Å². The van der Waals surface area contributed by atoms with Crippen molar-refractivity contribution < 1.29 is 0 Å². The quantitative estimate of drug-likeness (QED) is 0.156. The summed E-state index contributed by atoms with van der Waals surface area (Å²) in [7, 11) is 0. The standard InChI is InChI=1S/C48H33Br/c49-48-32-46(44-21-8-16-39(28-44)37-25-23-36(24-26-37)34-11-3-1-4-12-34)31-47(33-48)45-22-10-20-43(30-45)42-19-9-18-41(29-42)40-17-7-15-38(27-40)35-13-5-2-6-14-35/h1-33H. The van der Waals surface area contributed by atoms with Crippen LogP contribution in [0.5, 0.6) is 0 Å². The minimum Gasteiger partial charge on any atom is -0.0622 e. The molecule has 0 atom stereocenters. The molecule has 0 amide bonds. The number of rotatable bonds is 7. The van der Waals surface area contributed by atoms with Crippen LogP contribution in [0.25, 0.3) is 77.9 Å². The Labute approximate surface area is 297 Å². The molecule has 1 heteroatoms. The Bertz CT molecular complexity index is 2370. The van der Waals surface area contributed by atoms with Crippen molar-refractivity contribution in [1.29, 1.82) is 0 Å². The summed E-state index contributed by atoms with van der Waals surface area (Å²) in [6.45, 7) is 0. The van der Waals surface area contributed by atoms with Crippen LogP contribution < -0.4 is 0 Å². The van der Waals surface area contributed by atoms with Gasteiger partial charge in [0.1, 0.15) is 0 Å². The van der Waals surface area contributed by atoms with E-state index in [1.165, 1.54) is 77.9 Å². The SMILES string of the molecule is Brc1cc(-c2cccc(-c3ccc(-c4ccccc4)cc3)c2)cc(-c2cccc(-c3cccc(-c4cccc(-c5ccccc5)c4)c3)c2)c1. The fourth-order valence-electron chi connectivity index (χ4n) is 6.55. The van der Waals surface area contributed by atoms with Crippen LogP contribution in [0.15, 0.2) is 205 Å². The second-order valence-corrected chi connectivity index (χ2v) is 13.3. The van der Waals surface area contributed by atoms with E-state index >= 15 is 0 Å². The van der Waals surface area contributed by atoms with Crippen molar-refractivity contribution in [3.8, 4) is 77.9 Å². The van der Waals surface area contributed by atoms with Gasteiger partial charge in [0.05, 0.1) is 0 Å². The highest BCUT2D eigenvalue weighted by atomic mass is 79.9. The van der Waals surface area contributed by atoms with E-state index in [0.717, 1.165) is 4.47 Å². The van der Waals surface area contributed by atoms with Gasteiger partial charge < -0.3 is 0 Å².